The zero-order valence-electron chi connectivity index (χ0n) is 10.2. The predicted octanol–water partition coefficient (Wildman–Crippen LogP) is 0.395. The maximum atomic E-state index is 12.1. The minimum Gasteiger partial charge on any atom is -0.504 e. The molecule has 3 aromatic rings. The van der Waals surface area contributed by atoms with Crippen LogP contribution in [0, 0.1) is 0 Å². The predicted molar refractivity (Wildman–Crippen MR) is 67.5 cm³/mol. The zero-order valence-corrected chi connectivity index (χ0v) is 10.2. The lowest BCUT2D eigenvalue weighted by molar-refractivity contribution is 0.404. The largest absolute Gasteiger partial charge is 0.504 e. The van der Waals surface area contributed by atoms with Crippen LogP contribution in [0.5, 0.6) is 11.5 Å². The van der Waals surface area contributed by atoms with Crippen molar-refractivity contribution in [3.05, 3.63) is 33.0 Å². The third-order valence-corrected chi connectivity index (χ3v) is 3.16. The molecule has 7 nitrogen and oxygen atoms in total. The summed E-state index contributed by atoms with van der Waals surface area (Å²) in [5.41, 5.74) is -0.691. The molecule has 0 fully saturated rings. The van der Waals surface area contributed by atoms with E-state index in [0.29, 0.717) is 5.39 Å². The second kappa shape index (κ2) is 3.41. The third-order valence-electron chi connectivity index (χ3n) is 3.16. The van der Waals surface area contributed by atoms with Crippen LogP contribution < -0.4 is 11.2 Å². The Labute approximate surface area is 105 Å². The number of benzene rings is 1. The number of aromatic nitrogens is 2. The van der Waals surface area contributed by atoms with Gasteiger partial charge in [-0.2, -0.15) is 0 Å². The van der Waals surface area contributed by atoms with Crippen LogP contribution in [0.3, 0.4) is 0 Å². The summed E-state index contributed by atoms with van der Waals surface area (Å²) in [6, 6.07) is 2.44. The molecular weight excluding hydrogens is 252 g/mol. The van der Waals surface area contributed by atoms with Crippen LogP contribution in [0.1, 0.15) is 0 Å². The first-order valence-corrected chi connectivity index (χ1v) is 5.46. The first-order valence-electron chi connectivity index (χ1n) is 5.46. The van der Waals surface area contributed by atoms with Crippen molar-refractivity contribution in [2.24, 2.45) is 14.1 Å². The molecule has 0 saturated heterocycles. The molecule has 0 aliphatic carbocycles. The lowest BCUT2D eigenvalue weighted by atomic mass is 10.2. The lowest BCUT2D eigenvalue weighted by Crippen LogP contribution is -2.36. The van der Waals surface area contributed by atoms with Gasteiger partial charge in [0.15, 0.2) is 11.5 Å². The van der Waals surface area contributed by atoms with Crippen molar-refractivity contribution in [2.75, 3.05) is 0 Å². The number of aryl methyl sites for hydroxylation is 1. The number of rotatable bonds is 0. The normalized spacial score (nSPS) is 11.5. The maximum Gasteiger partial charge on any atom is 0.333 e. The van der Waals surface area contributed by atoms with Crippen LogP contribution in [0.2, 0.25) is 0 Å². The minimum atomic E-state index is -0.512. The number of furan rings is 1. The molecule has 0 aliphatic rings. The van der Waals surface area contributed by atoms with Crippen LogP contribution in [0.4, 0.5) is 0 Å². The van der Waals surface area contributed by atoms with Crippen molar-refractivity contribution in [1.29, 1.82) is 0 Å². The lowest BCUT2D eigenvalue weighted by Gasteiger charge is -2.01. The van der Waals surface area contributed by atoms with Gasteiger partial charge in [-0.15, -0.1) is 0 Å². The minimum absolute atomic E-state index is 0.105. The van der Waals surface area contributed by atoms with Gasteiger partial charge in [0.2, 0.25) is 5.71 Å². The van der Waals surface area contributed by atoms with Gasteiger partial charge in [0.05, 0.1) is 0 Å². The highest BCUT2D eigenvalue weighted by molar-refractivity contribution is 6.04. The number of aromatic hydroxyl groups is 2. The van der Waals surface area contributed by atoms with E-state index in [1.807, 2.05) is 0 Å². The summed E-state index contributed by atoms with van der Waals surface area (Å²) in [5, 5.41) is 19.5. The Bertz CT molecular complexity index is 945. The van der Waals surface area contributed by atoms with Gasteiger partial charge < -0.3 is 14.6 Å². The number of phenols is 2. The molecule has 2 N–H and O–H groups in total. The van der Waals surface area contributed by atoms with Gasteiger partial charge in [-0.25, -0.2) is 4.79 Å². The molecule has 1 aromatic carbocycles. The highest BCUT2D eigenvalue weighted by atomic mass is 16.3. The summed E-state index contributed by atoms with van der Waals surface area (Å²) in [4.78, 5) is 23.9. The molecule has 0 spiro atoms. The first kappa shape index (κ1) is 11.4. The Morgan fingerprint density at radius 1 is 1.05 bits per heavy atom. The number of hydrogen-bond acceptors (Lipinski definition) is 5. The fourth-order valence-electron chi connectivity index (χ4n) is 2.12. The number of fused-ring (bicyclic) bond motifs is 3. The molecule has 0 unspecified atom stereocenters. The summed E-state index contributed by atoms with van der Waals surface area (Å²) < 4.78 is 7.57. The van der Waals surface area contributed by atoms with E-state index < -0.39 is 11.2 Å². The van der Waals surface area contributed by atoms with E-state index in [-0.39, 0.29) is 28.2 Å². The van der Waals surface area contributed by atoms with Crippen LogP contribution in [-0.4, -0.2) is 19.3 Å². The smallest absolute Gasteiger partial charge is 0.333 e. The molecule has 19 heavy (non-hydrogen) atoms. The van der Waals surface area contributed by atoms with Gasteiger partial charge in [-0.1, -0.05) is 0 Å². The van der Waals surface area contributed by atoms with E-state index in [2.05, 4.69) is 0 Å². The molecule has 0 bridgehead atoms. The van der Waals surface area contributed by atoms with Gasteiger partial charge in [0, 0.05) is 25.5 Å². The summed E-state index contributed by atoms with van der Waals surface area (Å²) in [7, 11) is 2.84. The van der Waals surface area contributed by atoms with Crippen molar-refractivity contribution in [3.63, 3.8) is 0 Å². The van der Waals surface area contributed by atoms with Crippen molar-refractivity contribution in [2.45, 2.75) is 0 Å². The molecule has 3 rings (SSSR count). The Kier molecular flexibility index (Phi) is 2.04. The van der Waals surface area contributed by atoms with Crippen molar-refractivity contribution in [3.8, 4) is 11.5 Å². The molecule has 2 heterocycles. The molecule has 2 aromatic heterocycles. The second-order valence-electron chi connectivity index (χ2n) is 4.33. The van der Waals surface area contributed by atoms with Gasteiger partial charge in [-0.05, 0) is 6.07 Å². The van der Waals surface area contributed by atoms with Crippen LogP contribution in [-0.2, 0) is 14.1 Å². The summed E-state index contributed by atoms with van der Waals surface area (Å²) >= 11 is 0. The van der Waals surface area contributed by atoms with E-state index in [1.54, 1.807) is 0 Å². The van der Waals surface area contributed by atoms with Gasteiger partial charge in [0.25, 0.3) is 5.56 Å². The molecule has 0 saturated carbocycles. The molecule has 0 radical (unpaired) electrons. The highest BCUT2D eigenvalue weighted by Gasteiger charge is 2.18. The topological polar surface area (TPSA) is 97.6 Å². The van der Waals surface area contributed by atoms with Gasteiger partial charge in [-0.3, -0.25) is 13.9 Å². The maximum absolute atomic E-state index is 12.1. The Morgan fingerprint density at radius 2 is 1.68 bits per heavy atom. The highest BCUT2D eigenvalue weighted by Crippen LogP contribution is 2.34. The number of hydrogen-bond donors (Lipinski definition) is 2. The third kappa shape index (κ3) is 1.32. The SMILES string of the molecule is Cn1c(=O)c2c3cc(O)c(O)cc3oc2n(C)c1=O. The zero-order chi connectivity index (χ0) is 13.9. The van der Waals surface area contributed by atoms with Gasteiger partial charge in [0.1, 0.15) is 11.0 Å². The van der Waals surface area contributed by atoms with Gasteiger partial charge >= 0.3 is 5.69 Å². The van der Waals surface area contributed by atoms with Crippen LogP contribution in [0.15, 0.2) is 26.1 Å². The summed E-state index contributed by atoms with van der Waals surface area (Å²) in [6.45, 7) is 0. The van der Waals surface area contributed by atoms with Crippen molar-refractivity contribution >= 4 is 22.1 Å². The summed E-state index contributed by atoms with van der Waals surface area (Å²) in [6.07, 6.45) is 0. The molecular formula is C12H10N2O5. The van der Waals surface area contributed by atoms with Crippen molar-refractivity contribution < 1.29 is 14.6 Å². The average molecular weight is 262 g/mol. The Hall–Kier alpha value is -2.70. The monoisotopic (exact) mass is 262 g/mol. The van der Waals surface area contributed by atoms with E-state index in [4.69, 9.17) is 4.42 Å². The van der Waals surface area contributed by atoms with Crippen LogP contribution in [0.25, 0.3) is 22.1 Å². The number of phenolic OH excluding ortho intramolecular Hbond substituents is 2. The van der Waals surface area contributed by atoms with E-state index >= 15 is 0 Å². The molecule has 7 heteroatoms. The van der Waals surface area contributed by atoms with E-state index in [1.165, 1.54) is 30.8 Å². The van der Waals surface area contributed by atoms with Crippen LogP contribution >= 0.6 is 0 Å². The second-order valence-corrected chi connectivity index (χ2v) is 4.33. The Morgan fingerprint density at radius 3 is 2.37 bits per heavy atom. The average Bonchev–Trinajstić information content (AvgIpc) is 2.73. The van der Waals surface area contributed by atoms with E-state index in [9.17, 15) is 19.8 Å². The fraction of sp³-hybridized carbons (Fsp3) is 0.167. The number of nitrogens with zero attached hydrogens (tertiary/aromatic N) is 2. The molecule has 0 amide bonds. The van der Waals surface area contributed by atoms with Crippen molar-refractivity contribution in [1.82, 2.24) is 9.13 Å². The molecule has 0 aliphatic heterocycles. The molecule has 0 atom stereocenters. The first-order chi connectivity index (χ1) is 8.91. The standard InChI is InChI=1S/C12H10N2O5/c1-13-10(17)9-5-3-6(15)7(16)4-8(5)19-11(9)14(2)12(13)18/h3-4,15-16H,1-2H3. The summed E-state index contributed by atoms with van der Waals surface area (Å²) in [5.74, 6) is -0.709. The van der Waals surface area contributed by atoms with E-state index in [0.717, 1.165) is 4.57 Å². The Balaban J connectivity index is 2.71. The molecule has 98 valence electrons. The quantitative estimate of drug-likeness (QED) is 0.571. The fourth-order valence-corrected chi connectivity index (χ4v) is 2.12.